The predicted molar refractivity (Wildman–Crippen MR) is 96.9 cm³/mol. The minimum absolute atomic E-state index is 0.00593. The number of nitrogens with one attached hydrogen (secondary N) is 2. The van der Waals surface area contributed by atoms with Gasteiger partial charge in [-0.1, -0.05) is 17.7 Å². The summed E-state index contributed by atoms with van der Waals surface area (Å²) in [7, 11) is 1.33. The number of methoxy groups -OCH3 is 1. The smallest absolute Gasteiger partial charge is 0.318 e. The van der Waals surface area contributed by atoms with Crippen LogP contribution in [-0.4, -0.2) is 47.1 Å². The lowest BCUT2D eigenvalue weighted by Gasteiger charge is -2.35. The molecule has 1 aliphatic heterocycles. The Balaban J connectivity index is 1.77. The lowest BCUT2D eigenvalue weighted by Crippen LogP contribution is -2.46. The molecule has 144 valence electrons. The first kappa shape index (κ1) is 19.2. The monoisotopic (exact) mass is 394 g/mol. The fourth-order valence-electron chi connectivity index (χ4n) is 3.15. The molecule has 0 saturated carbocycles. The summed E-state index contributed by atoms with van der Waals surface area (Å²) >= 11 is 5.94. The van der Waals surface area contributed by atoms with Crippen LogP contribution in [0.15, 0.2) is 24.5 Å². The predicted octanol–water partition coefficient (Wildman–Crippen LogP) is 2.81. The van der Waals surface area contributed by atoms with E-state index in [1.807, 2.05) is 0 Å². The molecule has 2 aromatic rings. The Morgan fingerprint density at radius 3 is 3.04 bits per heavy atom. The number of nitrogens with zero attached hydrogens (tertiary/aromatic N) is 2. The van der Waals surface area contributed by atoms with Gasteiger partial charge in [0.25, 0.3) is 0 Å². The lowest BCUT2D eigenvalue weighted by molar-refractivity contribution is -0.140. The van der Waals surface area contributed by atoms with Crippen LogP contribution in [0.5, 0.6) is 0 Å². The summed E-state index contributed by atoms with van der Waals surface area (Å²) in [4.78, 5) is 33.0. The minimum atomic E-state index is -0.516. The number of fused-ring (bicyclic) bond motifs is 1. The Hall–Kier alpha value is -2.61. The van der Waals surface area contributed by atoms with Crippen LogP contribution in [0.4, 0.5) is 9.18 Å². The van der Waals surface area contributed by atoms with Crippen LogP contribution in [0.1, 0.15) is 35.8 Å². The Morgan fingerprint density at radius 1 is 1.48 bits per heavy atom. The maximum absolute atomic E-state index is 13.6. The zero-order valence-corrected chi connectivity index (χ0v) is 15.6. The summed E-state index contributed by atoms with van der Waals surface area (Å²) in [5, 5.41) is 2.81. The normalized spacial score (nSPS) is 16.0. The highest BCUT2D eigenvalue weighted by Gasteiger charge is 2.34. The van der Waals surface area contributed by atoms with Gasteiger partial charge in [-0.3, -0.25) is 4.79 Å². The van der Waals surface area contributed by atoms with Gasteiger partial charge in [0.1, 0.15) is 11.9 Å². The second kappa shape index (κ2) is 8.39. The Kier molecular flexibility index (Phi) is 5.95. The molecule has 1 aliphatic rings. The largest absolute Gasteiger partial charge is 0.469 e. The van der Waals surface area contributed by atoms with Crippen LogP contribution in [0, 0.1) is 5.82 Å². The van der Waals surface area contributed by atoms with E-state index in [0.717, 1.165) is 5.69 Å². The molecule has 0 bridgehead atoms. The summed E-state index contributed by atoms with van der Waals surface area (Å²) in [5.74, 6) is -0.834. The molecule has 2 heterocycles. The number of H-pyrrole nitrogens is 1. The molecule has 1 aromatic carbocycles. The molecule has 1 aromatic heterocycles. The van der Waals surface area contributed by atoms with Crippen LogP contribution >= 0.6 is 11.6 Å². The third kappa shape index (κ3) is 4.21. The van der Waals surface area contributed by atoms with Crippen molar-refractivity contribution >= 4 is 23.6 Å². The number of benzene rings is 1. The summed E-state index contributed by atoms with van der Waals surface area (Å²) in [6.45, 7) is 0.812. The SMILES string of the molecule is COC(=O)CCCNC(=O)N1CCc2[nH]cnc2C1c1ccc(F)c(Cl)c1. The molecule has 0 fully saturated rings. The van der Waals surface area contributed by atoms with Crippen molar-refractivity contribution in [3.05, 3.63) is 52.3 Å². The Morgan fingerprint density at radius 2 is 2.30 bits per heavy atom. The molecule has 7 nitrogen and oxygen atoms in total. The van der Waals surface area contributed by atoms with Gasteiger partial charge in [-0.2, -0.15) is 0 Å². The van der Waals surface area contributed by atoms with Crippen LogP contribution in [-0.2, 0) is 16.0 Å². The fourth-order valence-corrected chi connectivity index (χ4v) is 3.34. The number of aromatic nitrogens is 2. The van der Waals surface area contributed by atoms with Gasteiger partial charge in [-0.25, -0.2) is 14.2 Å². The van der Waals surface area contributed by atoms with Crippen molar-refractivity contribution in [1.82, 2.24) is 20.2 Å². The van der Waals surface area contributed by atoms with E-state index in [1.165, 1.54) is 19.2 Å². The number of carbonyl (C=O) groups excluding carboxylic acids is 2. The molecule has 9 heteroatoms. The summed E-state index contributed by atoms with van der Waals surface area (Å²) in [5.41, 5.74) is 2.34. The van der Waals surface area contributed by atoms with Gasteiger partial charge in [-0.05, 0) is 24.1 Å². The first-order chi connectivity index (χ1) is 13.0. The highest BCUT2D eigenvalue weighted by atomic mass is 35.5. The molecule has 1 atom stereocenters. The summed E-state index contributed by atoms with van der Waals surface area (Å²) < 4.78 is 18.2. The molecule has 1 unspecified atom stereocenters. The molecule has 0 spiro atoms. The molecule has 0 radical (unpaired) electrons. The van der Waals surface area contributed by atoms with E-state index in [9.17, 15) is 14.0 Å². The molecule has 2 N–H and O–H groups in total. The summed E-state index contributed by atoms with van der Waals surface area (Å²) in [6, 6.07) is 3.65. The maximum atomic E-state index is 13.6. The lowest BCUT2D eigenvalue weighted by atomic mass is 9.96. The van der Waals surface area contributed by atoms with Crippen molar-refractivity contribution in [2.45, 2.75) is 25.3 Å². The van der Waals surface area contributed by atoms with Gasteiger partial charge in [0, 0.05) is 31.6 Å². The van der Waals surface area contributed by atoms with Gasteiger partial charge in [0.15, 0.2) is 0 Å². The number of aromatic amines is 1. The van der Waals surface area contributed by atoms with E-state index in [2.05, 4.69) is 20.0 Å². The molecule has 27 heavy (non-hydrogen) atoms. The number of esters is 1. The average molecular weight is 395 g/mol. The number of hydrogen-bond acceptors (Lipinski definition) is 4. The van der Waals surface area contributed by atoms with E-state index >= 15 is 0 Å². The van der Waals surface area contributed by atoms with Crippen LogP contribution in [0.25, 0.3) is 0 Å². The minimum Gasteiger partial charge on any atom is -0.469 e. The highest BCUT2D eigenvalue weighted by molar-refractivity contribution is 6.30. The van der Waals surface area contributed by atoms with Gasteiger partial charge >= 0.3 is 12.0 Å². The number of halogens is 2. The van der Waals surface area contributed by atoms with Crippen molar-refractivity contribution < 1.29 is 18.7 Å². The van der Waals surface area contributed by atoms with E-state index in [-0.39, 0.29) is 23.4 Å². The van der Waals surface area contributed by atoms with E-state index in [1.54, 1.807) is 17.3 Å². The molecular weight excluding hydrogens is 375 g/mol. The zero-order chi connectivity index (χ0) is 19.4. The number of urea groups is 1. The van der Waals surface area contributed by atoms with Gasteiger partial charge in [-0.15, -0.1) is 0 Å². The Labute approximate surface area is 160 Å². The van der Waals surface area contributed by atoms with Crippen LogP contribution in [0.2, 0.25) is 5.02 Å². The molecule has 0 aliphatic carbocycles. The number of ether oxygens (including phenoxy) is 1. The van der Waals surface area contributed by atoms with Crippen molar-refractivity contribution in [2.24, 2.45) is 0 Å². The number of carbonyl (C=O) groups is 2. The summed E-state index contributed by atoms with van der Waals surface area (Å²) in [6.07, 6.45) is 2.93. The maximum Gasteiger partial charge on any atom is 0.318 e. The number of amides is 2. The van der Waals surface area contributed by atoms with E-state index in [4.69, 9.17) is 11.6 Å². The van der Waals surface area contributed by atoms with Gasteiger partial charge in [0.05, 0.1) is 24.2 Å². The topological polar surface area (TPSA) is 87.3 Å². The first-order valence-electron chi connectivity index (χ1n) is 8.59. The molecular formula is C18H20ClFN4O3. The molecule has 0 saturated heterocycles. The second-order valence-corrected chi connectivity index (χ2v) is 6.60. The van der Waals surface area contributed by atoms with Gasteiger partial charge < -0.3 is 19.9 Å². The number of rotatable bonds is 5. The highest BCUT2D eigenvalue weighted by Crippen LogP contribution is 2.34. The average Bonchev–Trinajstić information content (AvgIpc) is 3.15. The van der Waals surface area contributed by atoms with Crippen molar-refractivity contribution in [3.8, 4) is 0 Å². The van der Waals surface area contributed by atoms with Crippen molar-refractivity contribution in [2.75, 3.05) is 20.2 Å². The van der Waals surface area contributed by atoms with Gasteiger partial charge in [0.2, 0.25) is 0 Å². The zero-order valence-electron chi connectivity index (χ0n) is 14.8. The first-order valence-corrected chi connectivity index (χ1v) is 8.97. The molecule has 3 rings (SSSR count). The third-order valence-electron chi connectivity index (χ3n) is 4.51. The third-order valence-corrected chi connectivity index (χ3v) is 4.80. The molecule has 2 amide bonds. The van der Waals surface area contributed by atoms with Crippen LogP contribution < -0.4 is 5.32 Å². The number of hydrogen-bond donors (Lipinski definition) is 2. The quantitative estimate of drug-likeness (QED) is 0.603. The second-order valence-electron chi connectivity index (χ2n) is 6.20. The fraction of sp³-hybridized carbons (Fsp3) is 0.389. The van der Waals surface area contributed by atoms with Crippen molar-refractivity contribution in [3.63, 3.8) is 0 Å². The standard InChI is InChI=1S/C18H20ClFN4O3/c1-27-15(25)3-2-7-21-18(26)24-8-6-14-16(23-10-22-14)17(24)11-4-5-13(20)12(19)9-11/h4-5,9-10,17H,2-3,6-8H2,1H3,(H,21,26)(H,22,23). The van der Waals surface area contributed by atoms with Crippen LogP contribution in [0.3, 0.4) is 0 Å². The Bertz CT molecular complexity index is 842. The van der Waals surface area contributed by atoms with Crippen molar-refractivity contribution in [1.29, 1.82) is 0 Å². The number of imidazole rings is 1. The van der Waals surface area contributed by atoms with E-state index in [0.29, 0.717) is 37.2 Å². The van der Waals surface area contributed by atoms with E-state index < -0.39 is 11.9 Å².